The lowest BCUT2D eigenvalue weighted by Gasteiger charge is -2.18. The van der Waals surface area contributed by atoms with Crippen LogP contribution in [0.5, 0.6) is 11.5 Å². The highest BCUT2D eigenvalue weighted by Crippen LogP contribution is 2.32. The topological polar surface area (TPSA) is 73.9 Å². The van der Waals surface area contributed by atoms with Gasteiger partial charge in [0.25, 0.3) is 5.91 Å². The predicted octanol–water partition coefficient (Wildman–Crippen LogP) is 3.31. The number of amides is 1. The molecule has 1 N–H and O–H groups in total. The Morgan fingerprint density at radius 2 is 1.88 bits per heavy atom. The van der Waals surface area contributed by atoms with E-state index in [-0.39, 0.29) is 0 Å². The van der Waals surface area contributed by atoms with Crippen LogP contribution in [0.1, 0.15) is 5.56 Å². The predicted molar refractivity (Wildman–Crippen MR) is 97.5 cm³/mol. The van der Waals surface area contributed by atoms with Gasteiger partial charge < -0.3 is 19.5 Å². The zero-order chi connectivity index (χ0) is 18.4. The second-order valence-corrected chi connectivity index (χ2v) is 5.78. The summed E-state index contributed by atoms with van der Waals surface area (Å²) in [6.07, 6.45) is 2.75. The third-order valence-corrected chi connectivity index (χ3v) is 3.82. The Balaban J connectivity index is 1.49. The largest absolute Gasteiger partial charge is 0.486 e. The van der Waals surface area contributed by atoms with Gasteiger partial charge in [-0.25, -0.2) is 4.79 Å². The highest BCUT2D eigenvalue weighted by molar-refractivity contribution is 6.32. The van der Waals surface area contributed by atoms with Crippen LogP contribution in [0.25, 0.3) is 6.08 Å². The van der Waals surface area contributed by atoms with Crippen molar-refractivity contribution in [2.24, 2.45) is 0 Å². The summed E-state index contributed by atoms with van der Waals surface area (Å²) in [5.41, 5.74) is 1.22. The molecule has 0 aliphatic carbocycles. The molecule has 134 valence electrons. The Morgan fingerprint density at radius 3 is 2.69 bits per heavy atom. The fraction of sp³-hybridized carbons (Fsp3) is 0.158. The number of rotatable bonds is 5. The quantitative estimate of drug-likeness (QED) is 0.643. The summed E-state index contributed by atoms with van der Waals surface area (Å²) >= 11 is 5.99. The minimum absolute atomic E-state index is 0.403. The molecule has 3 rings (SSSR count). The first kappa shape index (κ1) is 17.8. The van der Waals surface area contributed by atoms with Gasteiger partial charge in [0.15, 0.2) is 18.1 Å². The molecule has 1 amide bonds. The summed E-state index contributed by atoms with van der Waals surface area (Å²) in [5.74, 6) is 0.0996. The van der Waals surface area contributed by atoms with Gasteiger partial charge in [0.2, 0.25) is 0 Å². The Labute approximate surface area is 155 Å². The van der Waals surface area contributed by atoms with Crippen LogP contribution in [0.15, 0.2) is 48.5 Å². The highest BCUT2D eigenvalue weighted by Gasteiger charge is 2.13. The number of esters is 1. The third kappa shape index (κ3) is 4.77. The van der Waals surface area contributed by atoms with Gasteiger partial charge in [-0.3, -0.25) is 4.79 Å². The average Bonchev–Trinajstić information content (AvgIpc) is 2.65. The number of carbonyl (C=O) groups excluding carboxylic acids is 2. The van der Waals surface area contributed by atoms with E-state index >= 15 is 0 Å². The average molecular weight is 374 g/mol. The molecule has 0 spiro atoms. The number of hydrogen-bond donors (Lipinski definition) is 1. The molecule has 2 aromatic rings. The molecule has 0 saturated carbocycles. The highest BCUT2D eigenvalue weighted by atomic mass is 35.5. The molecule has 0 unspecified atom stereocenters. The van der Waals surface area contributed by atoms with Gasteiger partial charge in [-0.2, -0.15) is 0 Å². The number of hydrogen-bond acceptors (Lipinski definition) is 5. The van der Waals surface area contributed by atoms with Crippen LogP contribution in [-0.4, -0.2) is 31.7 Å². The molecule has 0 bridgehead atoms. The van der Waals surface area contributed by atoms with E-state index < -0.39 is 18.5 Å². The molecule has 6 nitrogen and oxygen atoms in total. The molecule has 1 heterocycles. The van der Waals surface area contributed by atoms with Gasteiger partial charge >= 0.3 is 5.97 Å². The first-order valence-electron chi connectivity index (χ1n) is 7.91. The van der Waals surface area contributed by atoms with Crippen LogP contribution >= 0.6 is 11.6 Å². The maximum absolute atomic E-state index is 11.9. The van der Waals surface area contributed by atoms with Gasteiger partial charge in [-0.15, -0.1) is 0 Å². The number of anilines is 1. The number of benzene rings is 2. The number of ether oxygens (including phenoxy) is 3. The third-order valence-electron chi connectivity index (χ3n) is 3.48. The molecule has 0 aromatic heterocycles. The molecule has 7 heteroatoms. The molecule has 1 aliphatic rings. The number of nitrogens with one attached hydrogen (secondary N) is 1. The van der Waals surface area contributed by atoms with Crippen molar-refractivity contribution in [3.05, 3.63) is 59.1 Å². The van der Waals surface area contributed by atoms with Crippen molar-refractivity contribution in [2.45, 2.75) is 0 Å². The SMILES string of the molecule is O=C(COC(=O)/C=C/c1ccccc1Cl)Nc1ccc2c(c1)OCCO2. The van der Waals surface area contributed by atoms with Crippen molar-refractivity contribution >= 4 is 35.2 Å². The van der Waals surface area contributed by atoms with Crippen LogP contribution in [0, 0.1) is 0 Å². The lowest BCUT2D eigenvalue weighted by atomic mass is 10.2. The summed E-state index contributed by atoms with van der Waals surface area (Å²) < 4.78 is 15.8. The van der Waals surface area contributed by atoms with E-state index in [1.807, 2.05) is 0 Å². The van der Waals surface area contributed by atoms with Gasteiger partial charge in [-0.05, 0) is 29.8 Å². The van der Waals surface area contributed by atoms with E-state index in [1.54, 1.807) is 42.5 Å². The minimum atomic E-state index is -0.637. The summed E-state index contributed by atoms with van der Waals surface area (Å²) in [6, 6.07) is 12.1. The van der Waals surface area contributed by atoms with Gasteiger partial charge in [0.05, 0.1) is 0 Å². The van der Waals surface area contributed by atoms with Crippen LogP contribution in [0.4, 0.5) is 5.69 Å². The number of fused-ring (bicyclic) bond motifs is 1. The van der Waals surface area contributed by atoms with Gasteiger partial charge in [-0.1, -0.05) is 29.8 Å². The second-order valence-electron chi connectivity index (χ2n) is 5.37. The first-order chi connectivity index (χ1) is 12.6. The Morgan fingerprint density at radius 1 is 1.12 bits per heavy atom. The molecule has 26 heavy (non-hydrogen) atoms. The molecule has 0 fully saturated rings. The van der Waals surface area contributed by atoms with E-state index in [0.29, 0.717) is 41.0 Å². The van der Waals surface area contributed by atoms with Crippen molar-refractivity contribution in [3.63, 3.8) is 0 Å². The van der Waals surface area contributed by atoms with E-state index in [1.165, 1.54) is 12.2 Å². The van der Waals surface area contributed by atoms with Crippen molar-refractivity contribution in [3.8, 4) is 11.5 Å². The minimum Gasteiger partial charge on any atom is -0.486 e. The lowest BCUT2D eigenvalue weighted by molar-refractivity contribution is -0.142. The number of carbonyl (C=O) groups is 2. The first-order valence-corrected chi connectivity index (χ1v) is 8.28. The fourth-order valence-electron chi connectivity index (χ4n) is 2.27. The van der Waals surface area contributed by atoms with Crippen LogP contribution < -0.4 is 14.8 Å². The van der Waals surface area contributed by atoms with Crippen LogP contribution in [0.3, 0.4) is 0 Å². The van der Waals surface area contributed by atoms with E-state index in [4.69, 9.17) is 25.8 Å². The van der Waals surface area contributed by atoms with Crippen molar-refractivity contribution in [2.75, 3.05) is 25.1 Å². The van der Waals surface area contributed by atoms with Gasteiger partial charge in [0, 0.05) is 22.9 Å². The van der Waals surface area contributed by atoms with E-state index in [2.05, 4.69) is 5.32 Å². The fourth-order valence-corrected chi connectivity index (χ4v) is 2.47. The Hall–Kier alpha value is -2.99. The molecule has 0 atom stereocenters. The second kappa shape index (κ2) is 8.40. The monoisotopic (exact) mass is 373 g/mol. The molecule has 0 radical (unpaired) electrons. The summed E-state index contributed by atoms with van der Waals surface area (Å²) in [4.78, 5) is 23.6. The maximum atomic E-state index is 11.9. The van der Waals surface area contributed by atoms with E-state index in [0.717, 1.165) is 0 Å². The van der Waals surface area contributed by atoms with E-state index in [9.17, 15) is 9.59 Å². The van der Waals surface area contributed by atoms with Gasteiger partial charge in [0.1, 0.15) is 13.2 Å². The normalized spacial score (nSPS) is 12.7. The summed E-state index contributed by atoms with van der Waals surface area (Å²) in [7, 11) is 0. The molecular formula is C19H16ClNO5. The standard InChI is InChI=1S/C19H16ClNO5/c20-15-4-2-1-3-13(15)5-8-19(23)26-12-18(22)21-14-6-7-16-17(11-14)25-10-9-24-16/h1-8,11H,9-10,12H2,(H,21,22)/b8-5+. The van der Waals surface area contributed by atoms with Crippen molar-refractivity contribution < 1.29 is 23.8 Å². The molecule has 1 aliphatic heterocycles. The Kier molecular flexibility index (Phi) is 5.76. The molecular weight excluding hydrogens is 358 g/mol. The van der Waals surface area contributed by atoms with Crippen LogP contribution in [-0.2, 0) is 14.3 Å². The Bertz CT molecular complexity index is 850. The zero-order valence-electron chi connectivity index (χ0n) is 13.7. The number of halogens is 1. The maximum Gasteiger partial charge on any atom is 0.331 e. The summed E-state index contributed by atoms with van der Waals surface area (Å²) in [6.45, 7) is 0.552. The zero-order valence-corrected chi connectivity index (χ0v) is 14.5. The van der Waals surface area contributed by atoms with Crippen molar-refractivity contribution in [1.82, 2.24) is 0 Å². The summed E-state index contributed by atoms with van der Waals surface area (Å²) in [5, 5.41) is 3.15. The molecule has 2 aromatic carbocycles. The molecule has 0 saturated heterocycles. The van der Waals surface area contributed by atoms with Crippen LogP contribution in [0.2, 0.25) is 5.02 Å². The smallest absolute Gasteiger partial charge is 0.331 e. The lowest BCUT2D eigenvalue weighted by Crippen LogP contribution is -2.20. The van der Waals surface area contributed by atoms with Crippen molar-refractivity contribution in [1.29, 1.82) is 0 Å².